The van der Waals surface area contributed by atoms with Gasteiger partial charge < -0.3 is 15.0 Å². The summed E-state index contributed by atoms with van der Waals surface area (Å²) in [7, 11) is 1.78. The average molecular weight is 274 g/mol. The largest absolute Gasteiger partial charge is 0.496 e. The molecule has 0 saturated carbocycles. The first kappa shape index (κ1) is 13.9. The standard InChI is InChI=1S/C17H26N2O/c1-17(8-9-18-12-17)13-19-10-6-14-4-3-5-16(20-2)15(14)7-11-19/h3-5,18H,6-13H2,1-2H3. The van der Waals surface area contributed by atoms with E-state index in [0.29, 0.717) is 5.41 Å². The van der Waals surface area contributed by atoms with E-state index >= 15 is 0 Å². The van der Waals surface area contributed by atoms with Crippen molar-refractivity contribution in [3.05, 3.63) is 29.3 Å². The van der Waals surface area contributed by atoms with Gasteiger partial charge in [-0.2, -0.15) is 0 Å². The van der Waals surface area contributed by atoms with E-state index in [1.807, 2.05) is 0 Å². The number of nitrogens with one attached hydrogen (secondary N) is 1. The highest BCUT2D eigenvalue weighted by atomic mass is 16.5. The van der Waals surface area contributed by atoms with Gasteiger partial charge in [0.15, 0.2) is 0 Å². The van der Waals surface area contributed by atoms with E-state index in [1.165, 1.54) is 43.7 Å². The molecule has 20 heavy (non-hydrogen) atoms. The highest BCUT2D eigenvalue weighted by Gasteiger charge is 2.31. The number of hydrogen-bond acceptors (Lipinski definition) is 3. The monoisotopic (exact) mass is 274 g/mol. The van der Waals surface area contributed by atoms with Gasteiger partial charge in [-0.1, -0.05) is 19.1 Å². The van der Waals surface area contributed by atoms with E-state index in [2.05, 4.69) is 35.3 Å². The Morgan fingerprint density at radius 3 is 2.90 bits per heavy atom. The molecular formula is C17H26N2O. The third kappa shape index (κ3) is 2.84. The third-order valence-corrected chi connectivity index (χ3v) is 4.89. The molecule has 3 heteroatoms. The van der Waals surface area contributed by atoms with Crippen LogP contribution in [0.3, 0.4) is 0 Å². The normalized spacial score (nSPS) is 27.1. The van der Waals surface area contributed by atoms with Crippen LogP contribution in [-0.4, -0.2) is 44.7 Å². The molecule has 110 valence electrons. The first-order chi connectivity index (χ1) is 9.70. The summed E-state index contributed by atoms with van der Waals surface area (Å²) >= 11 is 0. The molecule has 0 amide bonds. The number of hydrogen-bond donors (Lipinski definition) is 1. The van der Waals surface area contributed by atoms with Crippen LogP contribution in [0.2, 0.25) is 0 Å². The lowest BCUT2D eigenvalue weighted by Gasteiger charge is -2.31. The topological polar surface area (TPSA) is 24.5 Å². The molecule has 2 aliphatic heterocycles. The molecule has 2 aliphatic rings. The molecule has 1 saturated heterocycles. The Hall–Kier alpha value is -1.06. The number of fused-ring (bicyclic) bond motifs is 1. The van der Waals surface area contributed by atoms with Crippen molar-refractivity contribution in [3.8, 4) is 5.75 Å². The Labute approximate surface area is 122 Å². The zero-order valence-electron chi connectivity index (χ0n) is 12.7. The molecule has 1 unspecified atom stereocenters. The van der Waals surface area contributed by atoms with Gasteiger partial charge in [-0.05, 0) is 48.4 Å². The molecule has 1 N–H and O–H groups in total. The highest BCUT2D eigenvalue weighted by molar-refractivity contribution is 5.41. The van der Waals surface area contributed by atoms with Crippen LogP contribution in [-0.2, 0) is 12.8 Å². The second kappa shape index (κ2) is 5.74. The van der Waals surface area contributed by atoms with Gasteiger partial charge in [0, 0.05) is 26.2 Å². The summed E-state index contributed by atoms with van der Waals surface area (Å²) in [6, 6.07) is 6.48. The maximum Gasteiger partial charge on any atom is 0.122 e. The van der Waals surface area contributed by atoms with Gasteiger partial charge in [0.2, 0.25) is 0 Å². The van der Waals surface area contributed by atoms with Crippen LogP contribution in [0.15, 0.2) is 18.2 Å². The molecule has 1 aromatic carbocycles. The predicted octanol–water partition coefficient (Wildman–Crippen LogP) is 2.10. The number of nitrogens with zero attached hydrogens (tertiary/aromatic N) is 1. The molecule has 1 atom stereocenters. The van der Waals surface area contributed by atoms with Crippen LogP contribution in [0.1, 0.15) is 24.5 Å². The lowest BCUT2D eigenvalue weighted by atomic mass is 9.89. The lowest BCUT2D eigenvalue weighted by molar-refractivity contribution is 0.184. The quantitative estimate of drug-likeness (QED) is 0.913. The van der Waals surface area contributed by atoms with Gasteiger partial charge in [-0.3, -0.25) is 0 Å². The van der Waals surface area contributed by atoms with Gasteiger partial charge in [0.05, 0.1) is 7.11 Å². The predicted molar refractivity (Wildman–Crippen MR) is 82.4 cm³/mol. The van der Waals surface area contributed by atoms with Crippen LogP contribution >= 0.6 is 0 Å². The van der Waals surface area contributed by atoms with Crippen LogP contribution in [0, 0.1) is 5.41 Å². The summed E-state index contributed by atoms with van der Waals surface area (Å²) in [5.41, 5.74) is 3.36. The van der Waals surface area contributed by atoms with E-state index < -0.39 is 0 Å². The second-order valence-corrected chi connectivity index (χ2v) is 6.61. The van der Waals surface area contributed by atoms with Gasteiger partial charge in [-0.25, -0.2) is 0 Å². The zero-order chi connectivity index (χ0) is 14.0. The van der Waals surface area contributed by atoms with Gasteiger partial charge in [-0.15, -0.1) is 0 Å². The molecule has 0 spiro atoms. The minimum atomic E-state index is 0.459. The molecular weight excluding hydrogens is 248 g/mol. The van der Waals surface area contributed by atoms with E-state index in [1.54, 1.807) is 7.11 Å². The Morgan fingerprint density at radius 1 is 1.30 bits per heavy atom. The number of benzene rings is 1. The Balaban J connectivity index is 1.69. The van der Waals surface area contributed by atoms with Gasteiger partial charge in [0.25, 0.3) is 0 Å². The summed E-state index contributed by atoms with van der Waals surface area (Å²) in [6.07, 6.45) is 3.57. The first-order valence-electron chi connectivity index (χ1n) is 7.78. The fourth-order valence-corrected chi connectivity index (χ4v) is 3.68. The SMILES string of the molecule is COc1cccc2c1CCN(CC1(C)CCNC1)CC2. The summed E-state index contributed by atoms with van der Waals surface area (Å²) in [6.45, 7) is 8.32. The summed E-state index contributed by atoms with van der Waals surface area (Å²) in [5, 5.41) is 3.51. The van der Waals surface area contributed by atoms with Crippen LogP contribution in [0.4, 0.5) is 0 Å². The molecule has 3 nitrogen and oxygen atoms in total. The van der Waals surface area contributed by atoms with E-state index in [4.69, 9.17) is 4.74 Å². The van der Waals surface area contributed by atoms with Crippen LogP contribution < -0.4 is 10.1 Å². The van der Waals surface area contributed by atoms with Crippen molar-refractivity contribution >= 4 is 0 Å². The van der Waals surface area contributed by atoms with Crippen LogP contribution in [0.25, 0.3) is 0 Å². The van der Waals surface area contributed by atoms with Crippen molar-refractivity contribution in [3.63, 3.8) is 0 Å². The van der Waals surface area contributed by atoms with Crippen molar-refractivity contribution in [1.82, 2.24) is 10.2 Å². The molecule has 1 fully saturated rings. The van der Waals surface area contributed by atoms with Crippen molar-refractivity contribution in [2.75, 3.05) is 39.8 Å². The highest BCUT2D eigenvalue weighted by Crippen LogP contribution is 2.29. The number of rotatable bonds is 3. The maximum absolute atomic E-state index is 5.53. The molecule has 0 bridgehead atoms. The van der Waals surface area contributed by atoms with E-state index in [0.717, 1.165) is 25.1 Å². The van der Waals surface area contributed by atoms with Crippen molar-refractivity contribution in [2.45, 2.75) is 26.2 Å². The second-order valence-electron chi connectivity index (χ2n) is 6.61. The van der Waals surface area contributed by atoms with Crippen molar-refractivity contribution in [2.24, 2.45) is 5.41 Å². The summed E-state index contributed by atoms with van der Waals surface area (Å²) in [4.78, 5) is 2.65. The molecule has 1 aromatic rings. The van der Waals surface area contributed by atoms with Gasteiger partial charge >= 0.3 is 0 Å². The molecule has 3 rings (SSSR count). The van der Waals surface area contributed by atoms with Crippen molar-refractivity contribution < 1.29 is 4.74 Å². The Bertz CT molecular complexity index is 466. The Morgan fingerprint density at radius 2 is 2.15 bits per heavy atom. The van der Waals surface area contributed by atoms with E-state index in [9.17, 15) is 0 Å². The smallest absolute Gasteiger partial charge is 0.122 e. The van der Waals surface area contributed by atoms with E-state index in [-0.39, 0.29) is 0 Å². The summed E-state index contributed by atoms with van der Waals surface area (Å²) in [5.74, 6) is 1.07. The molecule has 0 aromatic heterocycles. The fourth-order valence-electron chi connectivity index (χ4n) is 3.68. The molecule has 0 aliphatic carbocycles. The maximum atomic E-state index is 5.53. The number of methoxy groups -OCH3 is 1. The minimum Gasteiger partial charge on any atom is -0.496 e. The molecule has 0 radical (unpaired) electrons. The third-order valence-electron chi connectivity index (χ3n) is 4.89. The summed E-state index contributed by atoms with van der Waals surface area (Å²) < 4.78 is 5.53. The zero-order valence-corrected chi connectivity index (χ0v) is 12.7. The van der Waals surface area contributed by atoms with Crippen LogP contribution in [0.5, 0.6) is 5.75 Å². The van der Waals surface area contributed by atoms with Crippen molar-refractivity contribution in [1.29, 1.82) is 0 Å². The minimum absolute atomic E-state index is 0.459. The van der Waals surface area contributed by atoms with Gasteiger partial charge in [0.1, 0.15) is 5.75 Å². The number of ether oxygens (including phenoxy) is 1. The fraction of sp³-hybridized carbons (Fsp3) is 0.647. The lowest BCUT2D eigenvalue weighted by Crippen LogP contribution is -2.38. The average Bonchev–Trinajstić information content (AvgIpc) is 2.77. The molecule has 2 heterocycles. The first-order valence-corrected chi connectivity index (χ1v) is 7.78. The Kier molecular flexibility index (Phi) is 3.99.